The van der Waals surface area contributed by atoms with Crippen molar-refractivity contribution in [2.24, 2.45) is 0 Å². The van der Waals surface area contributed by atoms with Crippen LogP contribution in [0.25, 0.3) is 0 Å². The van der Waals surface area contributed by atoms with Crippen LogP contribution < -0.4 is 5.32 Å². The normalized spacial score (nSPS) is 25.3. The lowest BCUT2D eigenvalue weighted by atomic mass is 9.97. The fourth-order valence-corrected chi connectivity index (χ4v) is 10.2. The van der Waals surface area contributed by atoms with Gasteiger partial charge in [0.2, 0.25) is 5.91 Å². The molecule has 0 aromatic carbocycles. The van der Waals surface area contributed by atoms with Gasteiger partial charge in [0, 0.05) is 6.42 Å². The standard InChI is InChI=1S/C60H113NO13/c1-3-5-7-9-11-13-15-16-17-18-19-20-21-22-23-24-25-26-27-28-29-30-31-32-34-35-37-39-41-43-49(64)48(61-52(65)44-42-40-38-36-33-14-12-10-8-6-4-2)47-71-59-57(70)55(68)58(51(46-63)73-59)74-60-56(69)54(67)53(66)50(45-62)72-60/h34-35,41,43,48-51,53-60,62-64,66-70H,3-33,36-40,42,44-47H2,1-2H3,(H,61,65)/b35-34+,43-41+. The van der Waals surface area contributed by atoms with Gasteiger partial charge in [-0.3, -0.25) is 4.79 Å². The molecule has 0 aromatic heterocycles. The number of rotatable bonds is 49. The molecule has 0 radical (unpaired) electrons. The van der Waals surface area contributed by atoms with Gasteiger partial charge in [-0.2, -0.15) is 0 Å². The highest BCUT2D eigenvalue weighted by Crippen LogP contribution is 2.30. The summed E-state index contributed by atoms with van der Waals surface area (Å²) in [6.07, 6.45) is 38.2. The van der Waals surface area contributed by atoms with Crippen molar-refractivity contribution in [2.75, 3.05) is 19.8 Å². The third kappa shape index (κ3) is 31.8. The summed E-state index contributed by atoms with van der Waals surface area (Å²) in [6, 6.07) is -0.926. The molecule has 2 rings (SSSR count). The smallest absolute Gasteiger partial charge is 0.220 e. The van der Waals surface area contributed by atoms with Gasteiger partial charge in [-0.1, -0.05) is 244 Å². The van der Waals surface area contributed by atoms with Crippen molar-refractivity contribution < 1.29 is 64.6 Å². The van der Waals surface area contributed by atoms with Crippen molar-refractivity contribution in [3.8, 4) is 0 Å². The van der Waals surface area contributed by atoms with Gasteiger partial charge in [0.25, 0.3) is 0 Å². The molecule has 0 spiro atoms. The maximum absolute atomic E-state index is 13.2. The van der Waals surface area contributed by atoms with Crippen LogP contribution in [0.4, 0.5) is 0 Å². The fourth-order valence-electron chi connectivity index (χ4n) is 10.2. The van der Waals surface area contributed by atoms with Crippen LogP contribution in [0.15, 0.2) is 24.3 Å². The minimum absolute atomic E-state index is 0.248. The third-order valence-electron chi connectivity index (χ3n) is 15.1. The number of aliphatic hydroxyl groups excluding tert-OH is 8. The van der Waals surface area contributed by atoms with E-state index < -0.39 is 86.8 Å². The monoisotopic (exact) mass is 1060 g/mol. The zero-order valence-corrected chi connectivity index (χ0v) is 46.8. The average Bonchev–Trinajstić information content (AvgIpc) is 3.40. The largest absolute Gasteiger partial charge is 0.394 e. The summed E-state index contributed by atoms with van der Waals surface area (Å²) >= 11 is 0. The number of hydrogen-bond acceptors (Lipinski definition) is 13. The van der Waals surface area contributed by atoms with Crippen LogP contribution in [-0.2, 0) is 23.7 Å². The van der Waals surface area contributed by atoms with E-state index in [0.717, 1.165) is 32.1 Å². The second kappa shape index (κ2) is 46.4. The van der Waals surface area contributed by atoms with Gasteiger partial charge in [-0.05, 0) is 32.1 Å². The van der Waals surface area contributed by atoms with E-state index in [0.29, 0.717) is 12.8 Å². The van der Waals surface area contributed by atoms with Crippen LogP contribution >= 0.6 is 0 Å². The molecular weight excluding hydrogens is 943 g/mol. The van der Waals surface area contributed by atoms with Crippen LogP contribution in [0.3, 0.4) is 0 Å². The number of aliphatic hydroxyl groups is 8. The Bertz CT molecular complexity index is 1340. The van der Waals surface area contributed by atoms with Crippen molar-refractivity contribution in [3.05, 3.63) is 24.3 Å². The van der Waals surface area contributed by atoms with Gasteiger partial charge in [-0.15, -0.1) is 0 Å². The lowest BCUT2D eigenvalue weighted by Gasteiger charge is -2.46. The van der Waals surface area contributed by atoms with Gasteiger partial charge < -0.3 is 65.1 Å². The number of ether oxygens (including phenoxy) is 4. The molecule has 436 valence electrons. The molecule has 2 aliphatic rings. The summed E-state index contributed by atoms with van der Waals surface area (Å²) in [5.41, 5.74) is 0. The predicted octanol–water partition coefficient (Wildman–Crippen LogP) is 10.4. The summed E-state index contributed by atoms with van der Waals surface area (Å²) in [6.45, 7) is 2.78. The molecule has 9 N–H and O–H groups in total. The summed E-state index contributed by atoms with van der Waals surface area (Å²) < 4.78 is 22.7. The molecule has 0 aliphatic carbocycles. The van der Waals surface area contributed by atoms with Crippen LogP contribution in [0, 0.1) is 0 Å². The maximum atomic E-state index is 13.2. The van der Waals surface area contributed by atoms with E-state index in [-0.39, 0.29) is 18.9 Å². The fraction of sp³-hybridized carbons (Fsp3) is 0.917. The van der Waals surface area contributed by atoms with Crippen LogP contribution in [0.5, 0.6) is 0 Å². The van der Waals surface area contributed by atoms with E-state index in [1.54, 1.807) is 6.08 Å². The van der Waals surface area contributed by atoms with Crippen LogP contribution in [-0.4, -0.2) is 140 Å². The Balaban J connectivity index is 1.70. The lowest BCUT2D eigenvalue weighted by molar-refractivity contribution is -0.359. The van der Waals surface area contributed by atoms with Gasteiger partial charge in [0.15, 0.2) is 12.6 Å². The Morgan fingerprint density at radius 1 is 0.473 bits per heavy atom. The van der Waals surface area contributed by atoms with Crippen molar-refractivity contribution in [1.29, 1.82) is 0 Å². The highest BCUT2D eigenvalue weighted by Gasteiger charge is 2.51. The quantitative estimate of drug-likeness (QED) is 0.0204. The van der Waals surface area contributed by atoms with Gasteiger partial charge >= 0.3 is 0 Å². The van der Waals surface area contributed by atoms with Crippen molar-refractivity contribution in [1.82, 2.24) is 5.32 Å². The number of unbranched alkanes of at least 4 members (excludes halogenated alkanes) is 34. The molecule has 12 unspecified atom stereocenters. The molecule has 14 heteroatoms. The first-order valence-corrected chi connectivity index (χ1v) is 30.6. The second-order valence-corrected chi connectivity index (χ2v) is 21.8. The summed E-state index contributed by atoms with van der Waals surface area (Å²) in [7, 11) is 0. The lowest BCUT2D eigenvalue weighted by Crippen LogP contribution is -2.65. The Labute approximate surface area is 449 Å². The first-order valence-electron chi connectivity index (χ1n) is 30.6. The average molecular weight is 1060 g/mol. The second-order valence-electron chi connectivity index (χ2n) is 21.8. The Morgan fingerprint density at radius 3 is 1.32 bits per heavy atom. The topological polar surface area (TPSA) is 228 Å². The number of carbonyl (C=O) groups excluding carboxylic acids is 1. The number of hydrogen-bond donors (Lipinski definition) is 9. The predicted molar refractivity (Wildman–Crippen MR) is 295 cm³/mol. The maximum Gasteiger partial charge on any atom is 0.220 e. The molecule has 2 heterocycles. The number of amides is 1. The van der Waals surface area contributed by atoms with Gasteiger partial charge in [-0.25, -0.2) is 0 Å². The van der Waals surface area contributed by atoms with Gasteiger partial charge in [0.1, 0.15) is 48.8 Å². The summed E-state index contributed by atoms with van der Waals surface area (Å²) in [4.78, 5) is 13.2. The van der Waals surface area contributed by atoms with Crippen molar-refractivity contribution in [3.63, 3.8) is 0 Å². The Morgan fingerprint density at radius 2 is 0.865 bits per heavy atom. The van der Waals surface area contributed by atoms with E-state index in [4.69, 9.17) is 18.9 Å². The van der Waals surface area contributed by atoms with E-state index in [2.05, 4.69) is 31.3 Å². The van der Waals surface area contributed by atoms with Crippen molar-refractivity contribution in [2.45, 2.75) is 331 Å². The van der Waals surface area contributed by atoms with Gasteiger partial charge in [0.05, 0.1) is 32.0 Å². The molecule has 2 saturated heterocycles. The molecular formula is C60H113NO13. The van der Waals surface area contributed by atoms with E-state index >= 15 is 0 Å². The minimum atomic E-state index is -1.79. The minimum Gasteiger partial charge on any atom is -0.394 e. The SMILES string of the molecule is CCCCCCCCCCCCCCCCCCCCCCCCC/C=C/CC/C=C/C(O)C(COC1OC(CO)C(OC2OC(CO)C(O)C(O)C2O)C(O)C1O)NC(=O)CCCCCCCCCCCCC. The molecule has 0 bridgehead atoms. The molecule has 1 amide bonds. The number of allylic oxidation sites excluding steroid dienone is 3. The molecule has 14 nitrogen and oxygen atoms in total. The van der Waals surface area contributed by atoms with E-state index in [1.807, 2.05) is 6.08 Å². The summed E-state index contributed by atoms with van der Waals surface area (Å²) in [5.74, 6) is -0.248. The zero-order valence-electron chi connectivity index (χ0n) is 46.8. The molecule has 0 saturated carbocycles. The molecule has 2 fully saturated rings. The first-order chi connectivity index (χ1) is 36.1. The van der Waals surface area contributed by atoms with Crippen molar-refractivity contribution >= 4 is 5.91 Å². The molecule has 74 heavy (non-hydrogen) atoms. The molecule has 12 atom stereocenters. The zero-order chi connectivity index (χ0) is 53.9. The van der Waals surface area contributed by atoms with Crippen LogP contribution in [0.1, 0.15) is 258 Å². The van der Waals surface area contributed by atoms with E-state index in [9.17, 15) is 45.6 Å². The Hall–Kier alpha value is -1.53. The highest BCUT2D eigenvalue weighted by atomic mass is 16.7. The van der Waals surface area contributed by atoms with E-state index in [1.165, 1.54) is 193 Å². The number of nitrogens with one attached hydrogen (secondary N) is 1. The third-order valence-corrected chi connectivity index (χ3v) is 15.1. The number of carbonyl (C=O) groups is 1. The molecule has 0 aromatic rings. The van der Waals surface area contributed by atoms with Crippen LogP contribution in [0.2, 0.25) is 0 Å². The summed E-state index contributed by atoms with van der Waals surface area (Å²) in [5, 5.41) is 86.9. The first kappa shape index (κ1) is 68.6. The highest BCUT2D eigenvalue weighted by molar-refractivity contribution is 5.76. The molecule has 2 aliphatic heterocycles. The Kier molecular flexibility index (Phi) is 43.0.